The quantitative estimate of drug-likeness (QED) is 0.399. The van der Waals surface area contributed by atoms with Gasteiger partial charge in [-0.05, 0) is 24.6 Å². The van der Waals surface area contributed by atoms with E-state index in [0.717, 1.165) is 17.0 Å². The number of benzene rings is 1. The standard InChI is InChI=1S/C25H24FN7O3/c1-14(2)25-28-23(31-36-25)22-20-11-32-21(12-35-17-6-4-5-15(26)9-17)29-30-24(32)18-10-16(34-3)7-8-19(18)33(20)13-27-22/h4-6,8-10,13-14,16H,7,11-12H2,1-3H3. The summed E-state index contributed by atoms with van der Waals surface area (Å²) in [5.41, 5.74) is 3.31. The molecule has 6 rings (SSSR count). The van der Waals surface area contributed by atoms with E-state index in [-0.39, 0.29) is 24.4 Å². The van der Waals surface area contributed by atoms with Gasteiger partial charge in [0, 0.05) is 24.7 Å². The van der Waals surface area contributed by atoms with Crippen molar-refractivity contribution in [3.63, 3.8) is 0 Å². The Morgan fingerprint density at radius 3 is 2.92 bits per heavy atom. The summed E-state index contributed by atoms with van der Waals surface area (Å²) in [6.45, 7) is 4.50. The zero-order chi connectivity index (χ0) is 24.8. The Morgan fingerprint density at radius 1 is 1.25 bits per heavy atom. The van der Waals surface area contributed by atoms with Gasteiger partial charge in [-0.15, -0.1) is 10.2 Å². The zero-order valence-electron chi connectivity index (χ0n) is 20.1. The van der Waals surface area contributed by atoms with E-state index in [1.54, 1.807) is 25.6 Å². The van der Waals surface area contributed by atoms with Gasteiger partial charge in [-0.1, -0.05) is 31.1 Å². The summed E-state index contributed by atoms with van der Waals surface area (Å²) in [5, 5.41) is 13.1. The van der Waals surface area contributed by atoms with Crippen LogP contribution in [0, 0.1) is 5.82 Å². The second-order valence-electron chi connectivity index (χ2n) is 8.97. The van der Waals surface area contributed by atoms with Gasteiger partial charge in [-0.3, -0.25) is 0 Å². The van der Waals surface area contributed by atoms with Crippen LogP contribution in [0.1, 0.15) is 49.4 Å². The summed E-state index contributed by atoms with van der Waals surface area (Å²) < 4.78 is 34.5. The lowest BCUT2D eigenvalue weighted by Gasteiger charge is -2.20. The van der Waals surface area contributed by atoms with Crippen molar-refractivity contribution >= 4 is 11.3 Å². The molecule has 1 unspecified atom stereocenters. The molecule has 0 N–H and O–H groups in total. The van der Waals surface area contributed by atoms with Crippen molar-refractivity contribution in [1.82, 2.24) is 34.5 Å². The Labute approximate surface area is 206 Å². The van der Waals surface area contributed by atoms with E-state index in [9.17, 15) is 4.39 Å². The van der Waals surface area contributed by atoms with Crippen molar-refractivity contribution < 1.29 is 18.4 Å². The molecular formula is C25H24FN7O3. The van der Waals surface area contributed by atoms with Crippen molar-refractivity contribution in [1.29, 1.82) is 0 Å². The number of halogens is 1. The maximum absolute atomic E-state index is 13.6. The third-order valence-corrected chi connectivity index (χ3v) is 6.29. The van der Waals surface area contributed by atoms with E-state index >= 15 is 0 Å². The average Bonchev–Trinajstić information content (AvgIpc) is 3.60. The van der Waals surface area contributed by atoms with E-state index in [4.69, 9.17) is 14.0 Å². The second kappa shape index (κ2) is 8.83. The van der Waals surface area contributed by atoms with Crippen LogP contribution in [0.2, 0.25) is 0 Å². The first-order valence-electron chi connectivity index (χ1n) is 11.7. The Morgan fingerprint density at radius 2 is 2.14 bits per heavy atom. The van der Waals surface area contributed by atoms with Crippen LogP contribution in [0.15, 0.2) is 47.3 Å². The molecule has 4 heterocycles. The van der Waals surface area contributed by atoms with Crippen molar-refractivity contribution in [2.75, 3.05) is 7.11 Å². The molecule has 0 spiro atoms. The van der Waals surface area contributed by atoms with Gasteiger partial charge in [0.05, 0.1) is 24.0 Å². The van der Waals surface area contributed by atoms with Gasteiger partial charge in [-0.2, -0.15) is 4.98 Å². The minimum absolute atomic E-state index is 0.0868. The predicted octanol–water partition coefficient (Wildman–Crippen LogP) is 4.07. The normalized spacial score (nSPS) is 16.6. The first-order chi connectivity index (χ1) is 17.5. The lowest BCUT2D eigenvalue weighted by Crippen LogP contribution is -2.14. The summed E-state index contributed by atoms with van der Waals surface area (Å²) >= 11 is 0. The molecule has 4 aromatic rings. The number of fused-ring (bicyclic) bond motifs is 5. The first-order valence-corrected chi connectivity index (χ1v) is 11.7. The molecule has 2 aliphatic rings. The molecule has 1 aliphatic heterocycles. The highest BCUT2D eigenvalue weighted by Gasteiger charge is 2.32. The summed E-state index contributed by atoms with van der Waals surface area (Å²) in [6.07, 6.45) is 6.56. The largest absolute Gasteiger partial charge is 0.486 e. The van der Waals surface area contributed by atoms with Crippen LogP contribution in [0.4, 0.5) is 4.39 Å². The number of nitrogens with zero attached hydrogens (tertiary/aromatic N) is 7. The fourth-order valence-corrected chi connectivity index (χ4v) is 4.41. The Bertz CT molecular complexity index is 1500. The highest BCUT2D eigenvalue weighted by atomic mass is 19.1. The fraction of sp³-hybridized carbons (Fsp3) is 0.320. The minimum atomic E-state index is -0.366. The minimum Gasteiger partial charge on any atom is -0.486 e. The number of imidazole rings is 1. The van der Waals surface area contributed by atoms with Crippen molar-refractivity contribution in [2.45, 2.75) is 45.4 Å². The maximum atomic E-state index is 13.6. The lowest BCUT2D eigenvalue weighted by molar-refractivity contribution is 0.143. The molecule has 0 radical (unpaired) electrons. The van der Waals surface area contributed by atoms with Crippen molar-refractivity contribution in [3.8, 4) is 17.3 Å². The predicted molar refractivity (Wildman–Crippen MR) is 127 cm³/mol. The van der Waals surface area contributed by atoms with Crippen LogP contribution in [-0.2, 0) is 17.9 Å². The smallest absolute Gasteiger partial charge is 0.229 e. The third kappa shape index (κ3) is 3.81. The van der Waals surface area contributed by atoms with Crippen LogP contribution in [0.3, 0.4) is 0 Å². The number of aromatic nitrogens is 7. The Hall–Kier alpha value is -4.12. The van der Waals surface area contributed by atoms with Crippen LogP contribution in [0.5, 0.6) is 5.75 Å². The molecule has 11 heteroatoms. The Kier molecular flexibility index (Phi) is 5.48. The van der Waals surface area contributed by atoms with Crippen molar-refractivity contribution in [3.05, 3.63) is 71.8 Å². The van der Waals surface area contributed by atoms with Gasteiger partial charge < -0.3 is 23.1 Å². The summed E-state index contributed by atoms with van der Waals surface area (Å²) in [6, 6.07) is 6.01. The van der Waals surface area contributed by atoms with Gasteiger partial charge in [0.15, 0.2) is 11.6 Å². The molecule has 0 fully saturated rings. The SMILES string of the molecule is COC1C=C2C(=CC1)n1cnc(-c3noc(C(C)C)n3)c1Cn1c(COc3cccc(F)c3)nnc12. The number of rotatable bonds is 6. The molecule has 184 valence electrons. The molecule has 36 heavy (non-hydrogen) atoms. The molecule has 3 aromatic heterocycles. The number of hydrogen-bond acceptors (Lipinski definition) is 8. The molecule has 1 aliphatic carbocycles. The molecule has 0 saturated carbocycles. The van der Waals surface area contributed by atoms with Gasteiger partial charge in [0.1, 0.15) is 30.2 Å². The van der Waals surface area contributed by atoms with Crippen LogP contribution in [-0.4, -0.2) is 47.7 Å². The Balaban J connectivity index is 1.44. The van der Waals surface area contributed by atoms with Crippen molar-refractivity contribution in [2.24, 2.45) is 0 Å². The molecule has 10 nitrogen and oxygen atoms in total. The van der Waals surface area contributed by atoms with E-state index in [1.165, 1.54) is 12.1 Å². The molecule has 0 amide bonds. The van der Waals surface area contributed by atoms with Crippen LogP contribution >= 0.6 is 0 Å². The molecule has 1 atom stereocenters. The highest BCUT2D eigenvalue weighted by Crippen LogP contribution is 2.38. The first kappa shape index (κ1) is 22.4. The molecule has 0 saturated heterocycles. The van der Waals surface area contributed by atoms with E-state index in [0.29, 0.717) is 47.8 Å². The van der Waals surface area contributed by atoms with Gasteiger partial charge in [0.2, 0.25) is 11.7 Å². The summed E-state index contributed by atoms with van der Waals surface area (Å²) in [4.78, 5) is 9.22. The second-order valence-corrected chi connectivity index (χ2v) is 8.97. The van der Waals surface area contributed by atoms with E-state index in [1.807, 2.05) is 29.1 Å². The van der Waals surface area contributed by atoms with Crippen LogP contribution < -0.4 is 4.74 Å². The number of ether oxygens (including phenoxy) is 2. The zero-order valence-corrected chi connectivity index (χ0v) is 20.1. The summed E-state index contributed by atoms with van der Waals surface area (Å²) in [7, 11) is 1.68. The van der Waals surface area contributed by atoms with E-state index < -0.39 is 0 Å². The number of hydrogen-bond donors (Lipinski definition) is 0. The van der Waals surface area contributed by atoms with E-state index in [2.05, 4.69) is 31.4 Å². The van der Waals surface area contributed by atoms with Gasteiger partial charge >= 0.3 is 0 Å². The summed E-state index contributed by atoms with van der Waals surface area (Å²) in [5.74, 6) is 2.40. The fourth-order valence-electron chi connectivity index (χ4n) is 4.41. The van der Waals surface area contributed by atoms with Crippen LogP contribution in [0.25, 0.3) is 22.8 Å². The molecular weight excluding hydrogens is 465 g/mol. The molecule has 1 aromatic carbocycles. The monoisotopic (exact) mass is 489 g/mol. The highest BCUT2D eigenvalue weighted by molar-refractivity contribution is 5.98. The van der Waals surface area contributed by atoms with Gasteiger partial charge in [0.25, 0.3) is 0 Å². The lowest BCUT2D eigenvalue weighted by atomic mass is 10.0. The third-order valence-electron chi connectivity index (χ3n) is 6.29. The number of methoxy groups -OCH3 is 1. The molecule has 0 bridgehead atoms. The van der Waals surface area contributed by atoms with Gasteiger partial charge in [-0.25, -0.2) is 9.37 Å². The average molecular weight is 490 g/mol. The number of allylic oxidation sites excluding steroid dienone is 2. The maximum Gasteiger partial charge on any atom is 0.229 e. The topological polar surface area (TPSA) is 106 Å².